The third-order valence-corrected chi connectivity index (χ3v) is 4.99. The molecule has 2 saturated carbocycles. The Kier molecular flexibility index (Phi) is 5.70. The molecule has 0 saturated heterocycles. The van der Waals surface area contributed by atoms with Gasteiger partial charge in [0.05, 0.1) is 6.10 Å². The summed E-state index contributed by atoms with van der Waals surface area (Å²) in [5.74, 6) is 1.63. The zero-order chi connectivity index (χ0) is 13.8. The summed E-state index contributed by atoms with van der Waals surface area (Å²) in [6.07, 6.45) is 10.1. The molecule has 2 fully saturated rings. The summed E-state index contributed by atoms with van der Waals surface area (Å²) in [5.41, 5.74) is 0. The Hall–Kier alpha value is -0.0800. The van der Waals surface area contributed by atoms with Crippen LogP contribution in [0.15, 0.2) is 0 Å². The van der Waals surface area contributed by atoms with Gasteiger partial charge in [-0.05, 0) is 56.9 Å². The summed E-state index contributed by atoms with van der Waals surface area (Å²) in [5, 5.41) is 10.4. The smallest absolute Gasteiger partial charge is 0.0695 e. The first kappa shape index (κ1) is 15.3. The van der Waals surface area contributed by atoms with Gasteiger partial charge in [-0.2, -0.15) is 0 Å². The first-order valence-electron chi connectivity index (χ1n) is 8.55. The second kappa shape index (κ2) is 7.08. The van der Waals surface area contributed by atoms with Gasteiger partial charge in [0.25, 0.3) is 0 Å². The van der Waals surface area contributed by atoms with E-state index in [9.17, 15) is 5.11 Å². The molecule has 1 N–H and O–H groups in total. The van der Waals surface area contributed by atoms with E-state index in [-0.39, 0.29) is 6.10 Å². The Balaban J connectivity index is 1.93. The molecular formula is C17H33NO. The lowest BCUT2D eigenvalue weighted by molar-refractivity contribution is -0.00417. The lowest BCUT2D eigenvalue weighted by Gasteiger charge is -2.41. The maximum Gasteiger partial charge on any atom is 0.0695 e. The van der Waals surface area contributed by atoms with Crippen LogP contribution in [-0.4, -0.2) is 34.7 Å². The first-order chi connectivity index (χ1) is 9.11. The van der Waals surface area contributed by atoms with Crippen molar-refractivity contribution in [2.45, 2.75) is 90.3 Å². The van der Waals surface area contributed by atoms with E-state index >= 15 is 0 Å². The maximum atomic E-state index is 10.4. The van der Waals surface area contributed by atoms with Gasteiger partial charge in [-0.3, -0.25) is 4.90 Å². The van der Waals surface area contributed by atoms with Gasteiger partial charge >= 0.3 is 0 Å². The number of hydrogen-bond donors (Lipinski definition) is 1. The average Bonchev–Trinajstić information content (AvgIpc) is 3.17. The molecule has 0 bridgehead atoms. The minimum absolute atomic E-state index is 0.0686. The van der Waals surface area contributed by atoms with E-state index in [2.05, 4.69) is 25.7 Å². The van der Waals surface area contributed by atoms with Crippen LogP contribution in [0, 0.1) is 11.8 Å². The Morgan fingerprint density at radius 1 is 1.16 bits per heavy atom. The van der Waals surface area contributed by atoms with Crippen LogP contribution in [0.25, 0.3) is 0 Å². The minimum Gasteiger partial charge on any atom is -0.391 e. The van der Waals surface area contributed by atoms with E-state index in [4.69, 9.17) is 0 Å². The van der Waals surface area contributed by atoms with Crippen LogP contribution in [0.5, 0.6) is 0 Å². The molecule has 0 heterocycles. The summed E-state index contributed by atoms with van der Waals surface area (Å²) in [4.78, 5) is 2.67. The molecule has 0 spiro atoms. The third-order valence-electron chi connectivity index (χ3n) is 4.99. The topological polar surface area (TPSA) is 23.5 Å². The van der Waals surface area contributed by atoms with E-state index in [1.54, 1.807) is 0 Å². The van der Waals surface area contributed by atoms with Crippen LogP contribution in [0.1, 0.15) is 72.1 Å². The van der Waals surface area contributed by atoms with Gasteiger partial charge < -0.3 is 5.11 Å². The van der Waals surface area contributed by atoms with Crippen molar-refractivity contribution in [1.82, 2.24) is 4.90 Å². The molecular weight excluding hydrogens is 234 g/mol. The lowest BCUT2D eigenvalue weighted by Crippen LogP contribution is -2.49. The molecule has 3 unspecified atom stereocenters. The van der Waals surface area contributed by atoms with Crippen molar-refractivity contribution in [2.24, 2.45) is 11.8 Å². The molecule has 2 nitrogen and oxygen atoms in total. The fourth-order valence-electron chi connectivity index (χ4n) is 3.67. The predicted molar refractivity (Wildman–Crippen MR) is 81.2 cm³/mol. The zero-order valence-corrected chi connectivity index (χ0v) is 13.1. The van der Waals surface area contributed by atoms with Crippen molar-refractivity contribution in [3.8, 4) is 0 Å². The Bertz CT molecular complexity index is 262. The zero-order valence-electron chi connectivity index (χ0n) is 13.1. The van der Waals surface area contributed by atoms with Crippen LogP contribution in [0.4, 0.5) is 0 Å². The highest BCUT2D eigenvalue weighted by Crippen LogP contribution is 2.37. The summed E-state index contributed by atoms with van der Waals surface area (Å²) in [6.45, 7) is 8.10. The Morgan fingerprint density at radius 2 is 1.89 bits per heavy atom. The Morgan fingerprint density at radius 3 is 2.47 bits per heavy atom. The van der Waals surface area contributed by atoms with Crippen LogP contribution < -0.4 is 0 Å². The van der Waals surface area contributed by atoms with Crippen molar-refractivity contribution in [3.05, 3.63) is 0 Å². The van der Waals surface area contributed by atoms with Crippen molar-refractivity contribution in [2.75, 3.05) is 6.54 Å². The summed E-state index contributed by atoms with van der Waals surface area (Å²) < 4.78 is 0. The standard InChI is InChI=1S/C17H33NO/c1-4-5-14-6-9-17(19)16(12-14)18(15-7-8-15)11-10-13(2)3/h13-17,19H,4-12H2,1-3H3. The van der Waals surface area contributed by atoms with Crippen molar-refractivity contribution in [3.63, 3.8) is 0 Å². The van der Waals surface area contributed by atoms with Gasteiger partial charge in [-0.15, -0.1) is 0 Å². The molecule has 112 valence electrons. The predicted octanol–water partition coefficient (Wildman–Crippen LogP) is 3.83. The molecule has 2 aliphatic rings. The normalized spacial score (nSPS) is 32.2. The molecule has 0 amide bonds. The van der Waals surface area contributed by atoms with Gasteiger partial charge in [0.1, 0.15) is 0 Å². The quantitative estimate of drug-likeness (QED) is 0.758. The molecule has 0 aliphatic heterocycles. The molecule has 0 radical (unpaired) electrons. The van der Waals surface area contributed by atoms with Crippen molar-refractivity contribution in [1.29, 1.82) is 0 Å². The maximum absolute atomic E-state index is 10.4. The van der Waals surface area contributed by atoms with Gasteiger partial charge in [0.2, 0.25) is 0 Å². The molecule has 2 heteroatoms. The van der Waals surface area contributed by atoms with E-state index < -0.39 is 0 Å². The number of aliphatic hydroxyl groups is 1. The molecule has 2 aliphatic carbocycles. The van der Waals surface area contributed by atoms with Gasteiger partial charge in [-0.1, -0.05) is 33.6 Å². The largest absolute Gasteiger partial charge is 0.391 e. The first-order valence-corrected chi connectivity index (χ1v) is 8.55. The van der Waals surface area contributed by atoms with Crippen LogP contribution in [0.2, 0.25) is 0 Å². The van der Waals surface area contributed by atoms with Crippen LogP contribution in [0.3, 0.4) is 0 Å². The fourth-order valence-corrected chi connectivity index (χ4v) is 3.67. The second-order valence-electron chi connectivity index (χ2n) is 7.25. The van der Waals surface area contributed by atoms with Crippen LogP contribution >= 0.6 is 0 Å². The van der Waals surface area contributed by atoms with Crippen molar-refractivity contribution >= 4 is 0 Å². The minimum atomic E-state index is -0.0686. The molecule has 0 aromatic carbocycles. The molecule has 3 atom stereocenters. The van der Waals surface area contributed by atoms with Gasteiger partial charge in [0.15, 0.2) is 0 Å². The molecule has 2 rings (SSSR count). The Labute approximate surface area is 119 Å². The summed E-state index contributed by atoms with van der Waals surface area (Å²) in [6, 6.07) is 1.25. The monoisotopic (exact) mass is 267 g/mol. The number of hydrogen-bond acceptors (Lipinski definition) is 2. The number of rotatable bonds is 7. The SMILES string of the molecule is CCCC1CCC(O)C(N(CCC(C)C)C2CC2)C1. The van der Waals surface area contributed by atoms with Gasteiger partial charge in [-0.25, -0.2) is 0 Å². The fraction of sp³-hybridized carbons (Fsp3) is 1.00. The van der Waals surface area contributed by atoms with E-state index in [1.807, 2.05) is 0 Å². The summed E-state index contributed by atoms with van der Waals surface area (Å²) in [7, 11) is 0. The summed E-state index contributed by atoms with van der Waals surface area (Å²) >= 11 is 0. The van der Waals surface area contributed by atoms with Gasteiger partial charge in [0, 0.05) is 12.1 Å². The van der Waals surface area contributed by atoms with Crippen molar-refractivity contribution < 1.29 is 5.11 Å². The van der Waals surface area contributed by atoms with E-state index in [0.717, 1.165) is 24.3 Å². The highest BCUT2D eigenvalue weighted by Gasteiger charge is 2.39. The number of nitrogens with zero attached hydrogens (tertiary/aromatic N) is 1. The number of aliphatic hydroxyl groups excluding tert-OH is 1. The van der Waals surface area contributed by atoms with E-state index in [1.165, 1.54) is 51.5 Å². The highest BCUT2D eigenvalue weighted by molar-refractivity contribution is 4.94. The lowest BCUT2D eigenvalue weighted by atomic mass is 9.80. The molecule has 0 aromatic rings. The molecule has 19 heavy (non-hydrogen) atoms. The van der Waals surface area contributed by atoms with E-state index in [0.29, 0.717) is 6.04 Å². The molecule has 0 aromatic heterocycles. The average molecular weight is 267 g/mol. The highest BCUT2D eigenvalue weighted by atomic mass is 16.3. The van der Waals surface area contributed by atoms with Crippen LogP contribution in [-0.2, 0) is 0 Å². The third kappa shape index (κ3) is 4.46. The second-order valence-corrected chi connectivity index (χ2v) is 7.25.